The van der Waals surface area contributed by atoms with Crippen LogP contribution in [0.1, 0.15) is 59.1 Å². The summed E-state index contributed by atoms with van der Waals surface area (Å²) in [6.45, 7) is 6.96. The third-order valence-electron chi connectivity index (χ3n) is 7.77. The molecule has 210 valence electrons. The van der Waals surface area contributed by atoms with E-state index in [2.05, 4.69) is 50.9 Å². The Labute approximate surface area is 234 Å². The molecule has 1 saturated carbocycles. The molecular formula is C31H37N5O4. The number of carbonyl (C=O) groups excluding carboxylic acids is 3. The summed E-state index contributed by atoms with van der Waals surface area (Å²) in [5.41, 5.74) is 4.17. The zero-order valence-corrected chi connectivity index (χ0v) is 23.1. The van der Waals surface area contributed by atoms with E-state index in [9.17, 15) is 14.4 Å². The maximum Gasteiger partial charge on any atom is 0.291 e. The average Bonchev–Trinajstić information content (AvgIpc) is 3.68. The molecule has 40 heavy (non-hydrogen) atoms. The maximum atomic E-state index is 13.1. The van der Waals surface area contributed by atoms with Crippen LogP contribution in [0.15, 0.2) is 65.3 Å². The van der Waals surface area contributed by atoms with Crippen LogP contribution in [0.3, 0.4) is 0 Å². The number of anilines is 3. The fourth-order valence-electron chi connectivity index (χ4n) is 5.49. The molecule has 3 aromatic rings. The second-order valence-electron chi connectivity index (χ2n) is 10.6. The number of benzene rings is 2. The molecule has 1 aromatic heterocycles. The first-order valence-corrected chi connectivity index (χ1v) is 14.0. The summed E-state index contributed by atoms with van der Waals surface area (Å²) in [6, 6.07) is 16.4. The minimum Gasteiger partial charge on any atom is -0.459 e. The minimum absolute atomic E-state index is 0.181. The number of amides is 3. The van der Waals surface area contributed by atoms with E-state index in [0.29, 0.717) is 11.3 Å². The molecule has 1 unspecified atom stereocenters. The van der Waals surface area contributed by atoms with Crippen molar-refractivity contribution in [2.75, 3.05) is 41.3 Å². The van der Waals surface area contributed by atoms with Gasteiger partial charge in [0.1, 0.15) is 6.04 Å². The predicted molar refractivity (Wildman–Crippen MR) is 156 cm³/mol. The average molecular weight is 544 g/mol. The van der Waals surface area contributed by atoms with E-state index in [0.717, 1.165) is 57.5 Å². The molecule has 9 nitrogen and oxygen atoms in total. The summed E-state index contributed by atoms with van der Waals surface area (Å²) in [4.78, 5) is 43.3. The highest BCUT2D eigenvalue weighted by Gasteiger charge is 2.25. The van der Waals surface area contributed by atoms with Gasteiger partial charge in [-0.05, 0) is 68.7 Å². The minimum atomic E-state index is -0.677. The lowest BCUT2D eigenvalue weighted by atomic mass is 10.1. The van der Waals surface area contributed by atoms with E-state index in [1.165, 1.54) is 17.5 Å². The number of para-hydroxylation sites is 1. The first-order valence-electron chi connectivity index (χ1n) is 14.0. The highest BCUT2D eigenvalue weighted by atomic mass is 16.3. The van der Waals surface area contributed by atoms with Crippen molar-refractivity contribution in [3.05, 3.63) is 77.7 Å². The molecule has 3 N–H and O–H groups in total. The molecule has 2 heterocycles. The fraction of sp³-hybridized carbons (Fsp3) is 0.387. The zero-order valence-electron chi connectivity index (χ0n) is 23.1. The highest BCUT2D eigenvalue weighted by Crippen LogP contribution is 2.30. The van der Waals surface area contributed by atoms with Crippen molar-refractivity contribution in [2.45, 2.75) is 51.6 Å². The van der Waals surface area contributed by atoms with Gasteiger partial charge < -0.3 is 30.2 Å². The molecule has 0 bridgehead atoms. The molecule has 3 amide bonds. The van der Waals surface area contributed by atoms with Crippen LogP contribution in [0, 0.1) is 6.92 Å². The van der Waals surface area contributed by atoms with Crippen LogP contribution in [0.2, 0.25) is 0 Å². The van der Waals surface area contributed by atoms with Gasteiger partial charge in [0.25, 0.3) is 11.8 Å². The van der Waals surface area contributed by atoms with Gasteiger partial charge >= 0.3 is 0 Å². The molecule has 2 aliphatic rings. The van der Waals surface area contributed by atoms with Crippen molar-refractivity contribution >= 4 is 34.8 Å². The van der Waals surface area contributed by atoms with E-state index < -0.39 is 11.9 Å². The summed E-state index contributed by atoms with van der Waals surface area (Å²) < 4.78 is 5.28. The first-order chi connectivity index (χ1) is 19.4. The quantitative estimate of drug-likeness (QED) is 0.390. The largest absolute Gasteiger partial charge is 0.459 e. The highest BCUT2D eigenvalue weighted by molar-refractivity contribution is 6.06. The number of rotatable bonds is 8. The van der Waals surface area contributed by atoms with Crippen molar-refractivity contribution in [1.29, 1.82) is 0 Å². The van der Waals surface area contributed by atoms with E-state index in [4.69, 9.17) is 4.42 Å². The van der Waals surface area contributed by atoms with Crippen LogP contribution < -0.4 is 25.8 Å². The van der Waals surface area contributed by atoms with E-state index >= 15 is 0 Å². The smallest absolute Gasteiger partial charge is 0.291 e. The summed E-state index contributed by atoms with van der Waals surface area (Å²) >= 11 is 0. The number of nitrogens with zero attached hydrogens (tertiary/aromatic N) is 2. The van der Waals surface area contributed by atoms with Crippen LogP contribution in [0.4, 0.5) is 17.1 Å². The van der Waals surface area contributed by atoms with Gasteiger partial charge in [0.2, 0.25) is 5.91 Å². The SMILES string of the molecule is Cc1ccccc1N1CCN(c2ccc(C(=O)NC(C)C(=O)NC3CCCC3)cc2NC(=O)c2ccco2)CC1. The topological polar surface area (TPSA) is 107 Å². The van der Waals surface area contributed by atoms with Gasteiger partial charge in [-0.3, -0.25) is 14.4 Å². The lowest BCUT2D eigenvalue weighted by molar-refractivity contribution is -0.123. The molecule has 5 rings (SSSR count). The first kappa shape index (κ1) is 27.3. The Morgan fingerprint density at radius 2 is 1.57 bits per heavy atom. The molecule has 1 atom stereocenters. The van der Waals surface area contributed by atoms with Crippen molar-refractivity contribution in [3.63, 3.8) is 0 Å². The third kappa shape index (κ3) is 6.30. The van der Waals surface area contributed by atoms with Gasteiger partial charge in [0.05, 0.1) is 17.6 Å². The zero-order chi connectivity index (χ0) is 28.1. The molecule has 1 saturated heterocycles. The van der Waals surface area contributed by atoms with Gasteiger partial charge in [-0.25, -0.2) is 0 Å². The normalized spacial score (nSPS) is 16.4. The Hall–Kier alpha value is -4.27. The Morgan fingerprint density at radius 1 is 0.875 bits per heavy atom. The number of hydrogen-bond donors (Lipinski definition) is 3. The number of hydrogen-bond acceptors (Lipinski definition) is 6. The van der Waals surface area contributed by atoms with E-state index in [-0.39, 0.29) is 23.6 Å². The number of carbonyl (C=O) groups is 3. The molecule has 2 fully saturated rings. The van der Waals surface area contributed by atoms with Gasteiger partial charge in [-0.1, -0.05) is 31.0 Å². The van der Waals surface area contributed by atoms with Crippen LogP contribution in [-0.2, 0) is 4.79 Å². The Kier molecular flexibility index (Phi) is 8.38. The van der Waals surface area contributed by atoms with Gasteiger partial charge in [-0.2, -0.15) is 0 Å². The monoisotopic (exact) mass is 543 g/mol. The number of furan rings is 1. The van der Waals surface area contributed by atoms with Gasteiger partial charge in [0, 0.05) is 43.5 Å². The molecule has 0 radical (unpaired) electrons. The van der Waals surface area contributed by atoms with Crippen LogP contribution in [0.5, 0.6) is 0 Å². The number of aryl methyl sites for hydroxylation is 1. The third-order valence-corrected chi connectivity index (χ3v) is 7.77. The molecular weight excluding hydrogens is 506 g/mol. The van der Waals surface area contributed by atoms with Crippen LogP contribution in [-0.4, -0.2) is 56.0 Å². The van der Waals surface area contributed by atoms with Crippen molar-refractivity contribution in [3.8, 4) is 0 Å². The van der Waals surface area contributed by atoms with E-state index in [1.54, 1.807) is 31.2 Å². The second-order valence-corrected chi connectivity index (χ2v) is 10.6. The Balaban J connectivity index is 1.31. The number of nitrogens with one attached hydrogen (secondary N) is 3. The molecule has 2 aromatic carbocycles. The maximum absolute atomic E-state index is 13.1. The summed E-state index contributed by atoms with van der Waals surface area (Å²) in [6.07, 6.45) is 5.64. The van der Waals surface area contributed by atoms with Crippen molar-refractivity contribution < 1.29 is 18.8 Å². The predicted octanol–water partition coefficient (Wildman–Crippen LogP) is 4.34. The Bertz CT molecular complexity index is 1340. The molecule has 1 aliphatic heterocycles. The van der Waals surface area contributed by atoms with E-state index in [1.807, 2.05) is 12.1 Å². The summed E-state index contributed by atoms with van der Waals surface area (Å²) in [5, 5.41) is 8.77. The van der Waals surface area contributed by atoms with Crippen LogP contribution >= 0.6 is 0 Å². The van der Waals surface area contributed by atoms with Crippen LogP contribution in [0.25, 0.3) is 0 Å². The van der Waals surface area contributed by atoms with Gasteiger partial charge in [0.15, 0.2) is 5.76 Å². The molecule has 9 heteroatoms. The molecule has 1 aliphatic carbocycles. The van der Waals surface area contributed by atoms with Crippen molar-refractivity contribution in [2.24, 2.45) is 0 Å². The standard InChI is InChI=1S/C31H37N5O4/c1-21-8-3-6-11-26(21)35-15-17-36(18-16-35)27-14-13-23(20-25(27)34-31(39)28-12-7-19-40-28)30(38)32-22(2)29(37)33-24-9-4-5-10-24/h3,6-8,11-14,19-20,22,24H,4-5,9-10,15-18H2,1-2H3,(H,32,38)(H,33,37)(H,34,39). The second kappa shape index (κ2) is 12.3. The van der Waals surface area contributed by atoms with Crippen molar-refractivity contribution in [1.82, 2.24) is 10.6 Å². The van der Waals surface area contributed by atoms with Gasteiger partial charge in [-0.15, -0.1) is 0 Å². The Morgan fingerprint density at radius 3 is 2.25 bits per heavy atom. The lowest BCUT2D eigenvalue weighted by Gasteiger charge is -2.38. The fourth-order valence-corrected chi connectivity index (χ4v) is 5.49. The summed E-state index contributed by atoms with van der Waals surface area (Å²) in [7, 11) is 0. The summed E-state index contributed by atoms with van der Waals surface area (Å²) in [5.74, 6) is -0.776. The number of piperazine rings is 1. The molecule has 0 spiro atoms. The lowest BCUT2D eigenvalue weighted by Crippen LogP contribution is -2.47.